The molecule has 1 aliphatic rings. The maximum absolute atomic E-state index is 11.8. The highest BCUT2D eigenvalue weighted by molar-refractivity contribution is 7.86. The van der Waals surface area contributed by atoms with Gasteiger partial charge in [0, 0.05) is 0 Å². The third-order valence-corrected chi connectivity index (χ3v) is 4.29. The minimum absolute atomic E-state index is 0.0277. The van der Waals surface area contributed by atoms with Crippen molar-refractivity contribution in [1.29, 1.82) is 0 Å². The molecule has 0 amide bonds. The lowest BCUT2D eigenvalue weighted by atomic mass is 10.1. The second kappa shape index (κ2) is 6.17. The Morgan fingerprint density at radius 1 is 1.30 bits per heavy atom. The van der Waals surface area contributed by atoms with Crippen LogP contribution in [0.2, 0.25) is 0 Å². The zero-order valence-corrected chi connectivity index (χ0v) is 11.3. The minimum atomic E-state index is -3.98. The van der Waals surface area contributed by atoms with Crippen molar-refractivity contribution < 1.29 is 32.7 Å². The summed E-state index contributed by atoms with van der Waals surface area (Å²) >= 11 is 0. The van der Waals surface area contributed by atoms with Crippen LogP contribution in [0.25, 0.3) is 0 Å². The number of hydrogen-bond donors (Lipinski definition) is 3. The number of ether oxygens (including phenoxy) is 1. The van der Waals surface area contributed by atoms with Gasteiger partial charge >= 0.3 is 0 Å². The van der Waals surface area contributed by atoms with Crippen LogP contribution in [0.5, 0.6) is 0 Å². The molecule has 0 unspecified atom stereocenters. The molecule has 1 fully saturated rings. The third kappa shape index (κ3) is 3.35. The third-order valence-electron chi connectivity index (χ3n) is 3.00. The van der Waals surface area contributed by atoms with Gasteiger partial charge in [-0.3, -0.25) is 4.18 Å². The monoisotopic (exact) mass is 304 g/mol. The van der Waals surface area contributed by atoms with Crippen molar-refractivity contribution in [2.45, 2.75) is 29.3 Å². The van der Waals surface area contributed by atoms with E-state index in [0.717, 1.165) is 0 Å². The molecule has 0 aliphatic carbocycles. The molecular weight excluding hydrogens is 288 g/mol. The van der Waals surface area contributed by atoms with Crippen LogP contribution in [-0.2, 0) is 19.0 Å². The molecule has 0 aromatic heterocycles. The van der Waals surface area contributed by atoms with Crippen LogP contribution in [-0.4, -0.2) is 61.4 Å². The van der Waals surface area contributed by atoms with Gasteiger partial charge in [-0.2, -0.15) is 8.42 Å². The molecule has 7 nitrogen and oxygen atoms in total. The first-order chi connectivity index (χ1) is 9.42. The lowest BCUT2D eigenvalue weighted by molar-refractivity contribution is -0.0641. The predicted molar refractivity (Wildman–Crippen MR) is 67.3 cm³/mol. The first-order valence-corrected chi connectivity index (χ1v) is 7.43. The van der Waals surface area contributed by atoms with Crippen molar-refractivity contribution in [3.05, 3.63) is 30.3 Å². The highest BCUT2D eigenvalue weighted by Gasteiger charge is 2.39. The van der Waals surface area contributed by atoms with E-state index in [-0.39, 0.29) is 11.5 Å². The summed E-state index contributed by atoms with van der Waals surface area (Å²) in [5, 5.41) is 28.6. The van der Waals surface area contributed by atoms with Gasteiger partial charge in [-0.15, -0.1) is 0 Å². The molecule has 1 aromatic rings. The SMILES string of the molecule is O=S(=O)(OC[C@H](O)[C@H]1OC[C@@H](O)[C@H]1O)c1ccccc1. The Morgan fingerprint density at radius 2 is 1.95 bits per heavy atom. The zero-order chi connectivity index (χ0) is 14.8. The number of rotatable bonds is 5. The molecular formula is C12H16O7S. The van der Waals surface area contributed by atoms with Crippen molar-refractivity contribution in [2.24, 2.45) is 0 Å². The van der Waals surface area contributed by atoms with Gasteiger partial charge in [0.05, 0.1) is 18.1 Å². The number of benzene rings is 1. The molecule has 0 bridgehead atoms. The predicted octanol–water partition coefficient (Wildman–Crippen LogP) is -1.13. The second-order valence-electron chi connectivity index (χ2n) is 4.47. The topological polar surface area (TPSA) is 113 Å². The maximum atomic E-state index is 11.8. The fourth-order valence-electron chi connectivity index (χ4n) is 1.87. The van der Waals surface area contributed by atoms with E-state index >= 15 is 0 Å². The first kappa shape index (κ1) is 15.4. The van der Waals surface area contributed by atoms with Gasteiger partial charge in [0.2, 0.25) is 0 Å². The molecule has 1 aromatic carbocycles. The highest BCUT2D eigenvalue weighted by Crippen LogP contribution is 2.19. The number of aliphatic hydroxyl groups excluding tert-OH is 3. The average Bonchev–Trinajstić information content (AvgIpc) is 2.78. The van der Waals surface area contributed by atoms with E-state index in [1.807, 2.05) is 0 Å². The van der Waals surface area contributed by atoms with Crippen molar-refractivity contribution in [1.82, 2.24) is 0 Å². The Hall–Kier alpha value is -1.03. The van der Waals surface area contributed by atoms with Gasteiger partial charge in [-0.1, -0.05) is 18.2 Å². The van der Waals surface area contributed by atoms with E-state index in [4.69, 9.17) is 8.92 Å². The summed E-state index contributed by atoms with van der Waals surface area (Å²) in [5.41, 5.74) is 0. The lowest BCUT2D eigenvalue weighted by Gasteiger charge is -2.20. The highest BCUT2D eigenvalue weighted by atomic mass is 32.2. The maximum Gasteiger partial charge on any atom is 0.297 e. The Morgan fingerprint density at radius 3 is 2.50 bits per heavy atom. The minimum Gasteiger partial charge on any atom is -0.388 e. The van der Waals surface area contributed by atoms with E-state index in [9.17, 15) is 23.7 Å². The van der Waals surface area contributed by atoms with E-state index in [1.54, 1.807) is 18.2 Å². The quantitative estimate of drug-likeness (QED) is 0.590. The molecule has 0 spiro atoms. The molecule has 2 rings (SSSR count). The molecule has 112 valence electrons. The summed E-state index contributed by atoms with van der Waals surface area (Å²) in [6, 6.07) is 7.50. The Labute approximate surface area is 116 Å². The molecule has 0 saturated carbocycles. The van der Waals surface area contributed by atoms with Gasteiger partial charge in [-0.25, -0.2) is 0 Å². The van der Waals surface area contributed by atoms with Crippen molar-refractivity contribution in [3.8, 4) is 0 Å². The van der Waals surface area contributed by atoms with Crippen molar-refractivity contribution in [3.63, 3.8) is 0 Å². The summed E-state index contributed by atoms with van der Waals surface area (Å²) in [7, 11) is -3.98. The van der Waals surface area contributed by atoms with E-state index in [1.165, 1.54) is 12.1 Å². The molecule has 1 heterocycles. The average molecular weight is 304 g/mol. The van der Waals surface area contributed by atoms with Gasteiger partial charge in [0.25, 0.3) is 10.1 Å². The van der Waals surface area contributed by atoms with Crippen molar-refractivity contribution >= 4 is 10.1 Å². The van der Waals surface area contributed by atoms with Gasteiger partial charge in [0.1, 0.15) is 24.4 Å². The van der Waals surface area contributed by atoms with Crippen LogP contribution >= 0.6 is 0 Å². The van der Waals surface area contributed by atoms with Crippen molar-refractivity contribution in [2.75, 3.05) is 13.2 Å². The Kier molecular flexibility index (Phi) is 4.74. The van der Waals surface area contributed by atoms with Crippen LogP contribution in [0, 0.1) is 0 Å². The smallest absolute Gasteiger partial charge is 0.297 e. The van der Waals surface area contributed by atoms with E-state index in [0.29, 0.717) is 0 Å². The fraction of sp³-hybridized carbons (Fsp3) is 0.500. The molecule has 1 aliphatic heterocycles. The molecule has 1 saturated heterocycles. The molecule has 20 heavy (non-hydrogen) atoms. The summed E-state index contributed by atoms with van der Waals surface area (Å²) in [5.74, 6) is 0. The van der Waals surface area contributed by atoms with Gasteiger partial charge in [0.15, 0.2) is 0 Å². The first-order valence-electron chi connectivity index (χ1n) is 6.02. The Bertz CT molecular complexity index is 530. The van der Waals surface area contributed by atoms with Crippen LogP contribution in [0.1, 0.15) is 0 Å². The van der Waals surface area contributed by atoms with E-state index in [2.05, 4.69) is 0 Å². The standard InChI is InChI=1S/C12H16O7S/c13-9-6-18-12(11(9)15)10(14)7-19-20(16,17)8-4-2-1-3-5-8/h1-5,9-15H,6-7H2/t9-,10+,11-,12-/m1/s1. The molecule has 3 N–H and O–H groups in total. The Balaban J connectivity index is 1.95. The summed E-state index contributed by atoms with van der Waals surface area (Å²) in [6.07, 6.45) is -4.80. The summed E-state index contributed by atoms with van der Waals surface area (Å²) < 4.78 is 33.3. The fourth-order valence-corrected chi connectivity index (χ4v) is 2.82. The van der Waals surface area contributed by atoms with Crippen LogP contribution < -0.4 is 0 Å². The summed E-state index contributed by atoms with van der Waals surface area (Å²) in [6.45, 7) is -0.681. The molecule has 0 radical (unpaired) electrons. The zero-order valence-electron chi connectivity index (χ0n) is 10.5. The molecule has 4 atom stereocenters. The van der Waals surface area contributed by atoms with Gasteiger partial charge in [-0.05, 0) is 12.1 Å². The lowest BCUT2D eigenvalue weighted by Crippen LogP contribution is -2.41. The van der Waals surface area contributed by atoms with Crippen LogP contribution in [0.4, 0.5) is 0 Å². The number of hydrogen-bond acceptors (Lipinski definition) is 7. The van der Waals surface area contributed by atoms with Crippen LogP contribution in [0.3, 0.4) is 0 Å². The largest absolute Gasteiger partial charge is 0.388 e. The number of aliphatic hydroxyl groups is 3. The molecule has 8 heteroatoms. The van der Waals surface area contributed by atoms with E-state index < -0.39 is 41.1 Å². The van der Waals surface area contributed by atoms with Gasteiger partial charge < -0.3 is 20.1 Å². The normalized spacial score (nSPS) is 28.4. The summed E-state index contributed by atoms with van der Waals surface area (Å²) in [4.78, 5) is -0.0277. The second-order valence-corrected chi connectivity index (χ2v) is 6.09. The van der Waals surface area contributed by atoms with Crippen LogP contribution in [0.15, 0.2) is 35.2 Å².